The highest BCUT2D eigenvalue weighted by atomic mass is 14.3. The molecule has 0 heterocycles. The second-order valence-electron chi connectivity index (χ2n) is 5.88. The molecule has 0 aromatic heterocycles. The first-order chi connectivity index (χ1) is 6.32. The van der Waals surface area contributed by atoms with Gasteiger partial charge in [0.1, 0.15) is 0 Å². The summed E-state index contributed by atoms with van der Waals surface area (Å²) >= 11 is 0. The number of hydrogen-bond acceptors (Lipinski definition) is 0. The van der Waals surface area contributed by atoms with Crippen LogP contribution in [0.25, 0.3) is 0 Å². The molecule has 1 aliphatic rings. The van der Waals surface area contributed by atoms with Crippen LogP contribution < -0.4 is 0 Å². The average Bonchev–Trinajstić information content (AvgIpc) is 2.01. The van der Waals surface area contributed by atoms with Gasteiger partial charge in [-0.15, -0.1) is 0 Å². The molecule has 0 aliphatic heterocycles. The van der Waals surface area contributed by atoms with Crippen LogP contribution in [-0.2, 0) is 0 Å². The predicted octanol–water partition coefficient (Wildman–Crippen LogP) is 4.58. The van der Waals surface area contributed by atoms with Gasteiger partial charge in [-0.05, 0) is 36.2 Å². The van der Waals surface area contributed by atoms with Gasteiger partial charge in [-0.1, -0.05) is 52.3 Å². The minimum Gasteiger partial charge on any atom is -0.0802 e. The number of hydrogen-bond donors (Lipinski definition) is 0. The molecule has 1 atom stereocenters. The Morgan fingerprint density at radius 1 is 1.29 bits per heavy atom. The second kappa shape index (κ2) is 3.92. The number of rotatable bonds is 1. The molecule has 0 fully saturated rings. The quantitative estimate of drug-likeness (QED) is 0.570. The molecule has 1 rings (SSSR count). The lowest BCUT2D eigenvalue weighted by Gasteiger charge is -2.30. The summed E-state index contributed by atoms with van der Waals surface area (Å²) in [6.07, 6.45) is 6.05. The Morgan fingerprint density at radius 3 is 2.21 bits per heavy atom. The van der Waals surface area contributed by atoms with Crippen LogP contribution in [0.2, 0.25) is 0 Å². The first-order valence-electron chi connectivity index (χ1n) is 5.71. The lowest BCUT2D eigenvalue weighted by Crippen LogP contribution is -2.17. The van der Waals surface area contributed by atoms with E-state index in [1.807, 2.05) is 0 Å². The third-order valence-corrected chi connectivity index (χ3v) is 3.23. The fourth-order valence-electron chi connectivity index (χ4n) is 2.17. The normalized spacial score (nSPS) is 23.5. The maximum absolute atomic E-state index is 2.43. The molecule has 0 N–H and O–H groups in total. The van der Waals surface area contributed by atoms with Crippen LogP contribution >= 0.6 is 0 Å². The zero-order chi connectivity index (χ0) is 10.9. The van der Waals surface area contributed by atoms with Gasteiger partial charge >= 0.3 is 0 Å². The maximum atomic E-state index is 2.43. The van der Waals surface area contributed by atoms with Gasteiger partial charge in [-0.3, -0.25) is 0 Å². The van der Waals surface area contributed by atoms with Crippen LogP contribution in [0.1, 0.15) is 48.0 Å². The van der Waals surface area contributed by atoms with Crippen molar-refractivity contribution in [3.8, 4) is 0 Å². The largest absolute Gasteiger partial charge is 0.0802 e. The summed E-state index contributed by atoms with van der Waals surface area (Å²) in [4.78, 5) is 0. The van der Waals surface area contributed by atoms with Crippen molar-refractivity contribution in [2.75, 3.05) is 0 Å². The topological polar surface area (TPSA) is 0 Å². The van der Waals surface area contributed by atoms with Crippen LogP contribution in [0.5, 0.6) is 0 Å². The number of allylic oxidation sites excluding steroid dienone is 4. The standard InChI is InChI=1S/C14H24/c1-10(2)13-8-7-12(9-11(13)3)14(4,5)6/h7,9-10,13H,8H2,1-6H3. The highest BCUT2D eigenvalue weighted by Gasteiger charge is 2.22. The van der Waals surface area contributed by atoms with Crippen molar-refractivity contribution in [2.45, 2.75) is 48.0 Å². The van der Waals surface area contributed by atoms with Gasteiger partial charge in [0.05, 0.1) is 0 Å². The van der Waals surface area contributed by atoms with Crippen molar-refractivity contribution in [2.24, 2.45) is 17.3 Å². The molecular formula is C14H24. The Balaban J connectivity index is 2.84. The fraction of sp³-hybridized carbons (Fsp3) is 0.714. The van der Waals surface area contributed by atoms with Crippen LogP contribution in [0, 0.1) is 17.3 Å². The first kappa shape index (κ1) is 11.6. The van der Waals surface area contributed by atoms with E-state index in [1.165, 1.54) is 12.0 Å². The maximum Gasteiger partial charge on any atom is -0.0135 e. The smallest absolute Gasteiger partial charge is 0.0135 e. The molecule has 0 heteroatoms. The summed E-state index contributed by atoms with van der Waals surface area (Å²) in [6, 6.07) is 0. The van der Waals surface area contributed by atoms with E-state index in [4.69, 9.17) is 0 Å². The van der Waals surface area contributed by atoms with Gasteiger partial charge in [0.25, 0.3) is 0 Å². The van der Waals surface area contributed by atoms with Crippen molar-refractivity contribution in [3.63, 3.8) is 0 Å². The van der Waals surface area contributed by atoms with Gasteiger partial charge in [0.15, 0.2) is 0 Å². The third kappa shape index (κ3) is 2.50. The van der Waals surface area contributed by atoms with E-state index in [9.17, 15) is 0 Å². The van der Waals surface area contributed by atoms with Gasteiger partial charge in [0.2, 0.25) is 0 Å². The summed E-state index contributed by atoms with van der Waals surface area (Å²) in [5, 5.41) is 0. The molecule has 0 amide bonds. The minimum atomic E-state index is 0.309. The summed E-state index contributed by atoms with van der Waals surface area (Å²) < 4.78 is 0. The van der Waals surface area contributed by atoms with Gasteiger partial charge in [0, 0.05) is 0 Å². The van der Waals surface area contributed by atoms with E-state index in [0.717, 1.165) is 11.8 Å². The molecule has 0 saturated heterocycles. The van der Waals surface area contributed by atoms with Crippen LogP contribution in [0.3, 0.4) is 0 Å². The highest BCUT2D eigenvalue weighted by Crippen LogP contribution is 2.36. The Hall–Kier alpha value is -0.520. The molecule has 1 aliphatic carbocycles. The van der Waals surface area contributed by atoms with Gasteiger partial charge in [-0.2, -0.15) is 0 Å². The molecule has 0 spiro atoms. The monoisotopic (exact) mass is 192 g/mol. The summed E-state index contributed by atoms with van der Waals surface area (Å²) in [5.74, 6) is 1.53. The SMILES string of the molecule is CC1=CC(C(C)(C)C)=CCC1C(C)C. The van der Waals surface area contributed by atoms with Crippen LogP contribution in [0.4, 0.5) is 0 Å². The predicted molar refractivity (Wildman–Crippen MR) is 64.2 cm³/mol. The Bertz CT molecular complexity index is 258. The summed E-state index contributed by atoms with van der Waals surface area (Å²) in [6.45, 7) is 13.8. The lowest BCUT2D eigenvalue weighted by molar-refractivity contribution is 0.428. The molecule has 0 radical (unpaired) electrons. The van der Waals surface area contributed by atoms with Crippen molar-refractivity contribution in [3.05, 3.63) is 23.3 Å². The molecule has 0 aromatic carbocycles. The molecule has 14 heavy (non-hydrogen) atoms. The van der Waals surface area contributed by atoms with E-state index in [2.05, 4.69) is 53.7 Å². The Morgan fingerprint density at radius 2 is 1.86 bits per heavy atom. The summed E-state index contributed by atoms with van der Waals surface area (Å²) in [5.41, 5.74) is 3.38. The van der Waals surface area contributed by atoms with E-state index in [-0.39, 0.29) is 0 Å². The van der Waals surface area contributed by atoms with E-state index >= 15 is 0 Å². The molecule has 0 nitrogen and oxygen atoms in total. The van der Waals surface area contributed by atoms with Crippen LogP contribution in [0.15, 0.2) is 23.3 Å². The minimum absolute atomic E-state index is 0.309. The van der Waals surface area contributed by atoms with Crippen molar-refractivity contribution in [1.29, 1.82) is 0 Å². The van der Waals surface area contributed by atoms with E-state index < -0.39 is 0 Å². The molecule has 0 saturated carbocycles. The second-order valence-corrected chi connectivity index (χ2v) is 5.88. The fourth-order valence-corrected chi connectivity index (χ4v) is 2.17. The molecular weight excluding hydrogens is 168 g/mol. The molecule has 1 unspecified atom stereocenters. The van der Waals surface area contributed by atoms with Crippen molar-refractivity contribution >= 4 is 0 Å². The third-order valence-electron chi connectivity index (χ3n) is 3.23. The highest BCUT2D eigenvalue weighted by molar-refractivity contribution is 5.32. The molecule has 0 aromatic rings. The lowest BCUT2D eigenvalue weighted by atomic mass is 9.76. The van der Waals surface area contributed by atoms with E-state index in [0.29, 0.717) is 5.41 Å². The van der Waals surface area contributed by atoms with E-state index in [1.54, 1.807) is 5.57 Å². The van der Waals surface area contributed by atoms with Crippen molar-refractivity contribution in [1.82, 2.24) is 0 Å². The Labute approximate surface area is 89.1 Å². The zero-order valence-electron chi connectivity index (χ0n) is 10.5. The Kier molecular flexibility index (Phi) is 3.24. The van der Waals surface area contributed by atoms with Gasteiger partial charge < -0.3 is 0 Å². The van der Waals surface area contributed by atoms with Crippen LogP contribution in [-0.4, -0.2) is 0 Å². The average molecular weight is 192 g/mol. The zero-order valence-corrected chi connectivity index (χ0v) is 10.5. The first-order valence-corrected chi connectivity index (χ1v) is 5.71. The van der Waals surface area contributed by atoms with Crippen molar-refractivity contribution < 1.29 is 0 Å². The molecule has 0 bridgehead atoms. The molecule has 80 valence electrons. The van der Waals surface area contributed by atoms with Gasteiger partial charge in [-0.25, -0.2) is 0 Å². The summed E-state index contributed by atoms with van der Waals surface area (Å²) in [7, 11) is 0.